The Hall–Kier alpha value is -0.203. The smallest absolute Gasteiger partial charge is 0.377 e. The van der Waals surface area contributed by atoms with Gasteiger partial charge in [0, 0.05) is 27.4 Å². The SMILES string of the molecule is C=CCOC(C)CC[Si](OC)(OC)OC. The minimum atomic E-state index is -2.43. The quantitative estimate of drug-likeness (QED) is 0.450. The van der Waals surface area contributed by atoms with Crippen molar-refractivity contribution in [2.75, 3.05) is 27.9 Å². The molecule has 90 valence electrons. The molecule has 0 aliphatic heterocycles. The van der Waals surface area contributed by atoms with E-state index < -0.39 is 8.80 Å². The molecular formula is C10H22O4Si. The predicted molar refractivity (Wildman–Crippen MR) is 61.8 cm³/mol. The van der Waals surface area contributed by atoms with Crippen LogP contribution in [0.15, 0.2) is 12.7 Å². The molecule has 1 atom stereocenters. The zero-order valence-corrected chi connectivity index (χ0v) is 11.1. The maximum Gasteiger partial charge on any atom is 0.500 e. The third kappa shape index (κ3) is 5.43. The lowest BCUT2D eigenvalue weighted by Gasteiger charge is -2.25. The molecule has 0 amide bonds. The van der Waals surface area contributed by atoms with E-state index in [1.165, 1.54) is 0 Å². The van der Waals surface area contributed by atoms with E-state index >= 15 is 0 Å². The van der Waals surface area contributed by atoms with Gasteiger partial charge in [-0.05, 0) is 13.3 Å². The highest BCUT2D eigenvalue weighted by molar-refractivity contribution is 6.60. The molecular weight excluding hydrogens is 212 g/mol. The summed E-state index contributed by atoms with van der Waals surface area (Å²) < 4.78 is 21.4. The van der Waals surface area contributed by atoms with E-state index in [-0.39, 0.29) is 6.10 Å². The summed E-state index contributed by atoms with van der Waals surface area (Å²) in [5.74, 6) is 0. The fourth-order valence-corrected chi connectivity index (χ4v) is 3.12. The van der Waals surface area contributed by atoms with Gasteiger partial charge < -0.3 is 18.0 Å². The zero-order chi connectivity index (χ0) is 11.7. The largest absolute Gasteiger partial charge is 0.500 e. The van der Waals surface area contributed by atoms with E-state index in [1.54, 1.807) is 27.4 Å². The Morgan fingerprint density at radius 3 is 2.13 bits per heavy atom. The Morgan fingerprint density at radius 1 is 1.20 bits per heavy atom. The van der Waals surface area contributed by atoms with Gasteiger partial charge in [0.05, 0.1) is 12.7 Å². The van der Waals surface area contributed by atoms with Gasteiger partial charge in [0.15, 0.2) is 0 Å². The van der Waals surface area contributed by atoms with Crippen LogP contribution >= 0.6 is 0 Å². The predicted octanol–water partition coefficient (Wildman–Crippen LogP) is 1.85. The highest BCUT2D eigenvalue weighted by atomic mass is 28.4. The van der Waals surface area contributed by atoms with Crippen LogP contribution in [0.5, 0.6) is 0 Å². The van der Waals surface area contributed by atoms with Gasteiger partial charge in [-0.15, -0.1) is 6.58 Å². The Labute approximate surface area is 93.5 Å². The van der Waals surface area contributed by atoms with Gasteiger partial charge in [0.2, 0.25) is 0 Å². The van der Waals surface area contributed by atoms with Crippen molar-refractivity contribution in [3.63, 3.8) is 0 Å². The van der Waals surface area contributed by atoms with Crippen LogP contribution in [-0.2, 0) is 18.0 Å². The van der Waals surface area contributed by atoms with Crippen LogP contribution in [0.1, 0.15) is 13.3 Å². The van der Waals surface area contributed by atoms with Crippen molar-refractivity contribution in [2.24, 2.45) is 0 Å². The Bertz CT molecular complexity index is 163. The summed E-state index contributed by atoms with van der Waals surface area (Å²) in [4.78, 5) is 0. The van der Waals surface area contributed by atoms with Crippen molar-refractivity contribution in [3.05, 3.63) is 12.7 Å². The molecule has 0 aromatic carbocycles. The molecule has 0 N–H and O–H groups in total. The molecule has 0 rings (SSSR count). The minimum Gasteiger partial charge on any atom is -0.377 e. The number of hydrogen-bond acceptors (Lipinski definition) is 4. The molecule has 0 aliphatic carbocycles. The molecule has 0 bridgehead atoms. The molecule has 1 unspecified atom stereocenters. The van der Waals surface area contributed by atoms with Crippen LogP contribution < -0.4 is 0 Å². The van der Waals surface area contributed by atoms with Crippen LogP contribution in [0.4, 0.5) is 0 Å². The first-order valence-electron chi connectivity index (χ1n) is 5.02. The molecule has 0 spiro atoms. The van der Waals surface area contributed by atoms with Gasteiger partial charge in [-0.25, -0.2) is 0 Å². The van der Waals surface area contributed by atoms with Crippen molar-refractivity contribution in [2.45, 2.75) is 25.5 Å². The summed E-state index contributed by atoms with van der Waals surface area (Å²) in [5, 5.41) is 0. The third-order valence-corrected chi connectivity index (χ3v) is 5.06. The van der Waals surface area contributed by atoms with E-state index in [0.29, 0.717) is 6.61 Å². The third-order valence-electron chi connectivity index (χ3n) is 2.29. The molecule has 0 aromatic heterocycles. The van der Waals surface area contributed by atoms with Gasteiger partial charge in [0.25, 0.3) is 0 Å². The van der Waals surface area contributed by atoms with Crippen molar-refractivity contribution in [1.82, 2.24) is 0 Å². The van der Waals surface area contributed by atoms with Gasteiger partial charge in [-0.2, -0.15) is 0 Å². The molecule has 0 heterocycles. The first kappa shape index (κ1) is 14.8. The van der Waals surface area contributed by atoms with Crippen LogP contribution in [0.2, 0.25) is 6.04 Å². The normalized spacial score (nSPS) is 13.9. The molecule has 4 nitrogen and oxygen atoms in total. The van der Waals surface area contributed by atoms with Crippen molar-refractivity contribution >= 4 is 8.80 Å². The van der Waals surface area contributed by atoms with Crippen LogP contribution in [0, 0.1) is 0 Å². The van der Waals surface area contributed by atoms with Crippen molar-refractivity contribution < 1.29 is 18.0 Å². The van der Waals surface area contributed by atoms with Gasteiger partial charge in [-0.3, -0.25) is 0 Å². The minimum absolute atomic E-state index is 0.162. The summed E-state index contributed by atoms with van der Waals surface area (Å²) in [5.41, 5.74) is 0. The number of ether oxygens (including phenoxy) is 1. The molecule has 0 fully saturated rings. The highest BCUT2D eigenvalue weighted by Crippen LogP contribution is 2.17. The van der Waals surface area contributed by atoms with E-state index in [2.05, 4.69) is 6.58 Å². The molecule has 15 heavy (non-hydrogen) atoms. The van der Waals surface area contributed by atoms with Crippen molar-refractivity contribution in [1.29, 1.82) is 0 Å². The van der Waals surface area contributed by atoms with Crippen LogP contribution in [0.25, 0.3) is 0 Å². The lowest BCUT2D eigenvalue weighted by Crippen LogP contribution is -2.43. The molecule has 0 aromatic rings. The second kappa shape index (κ2) is 8.01. The summed E-state index contributed by atoms with van der Waals surface area (Å²) in [7, 11) is 2.43. The Balaban J connectivity index is 3.92. The number of rotatable bonds is 9. The molecule has 0 saturated carbocycles. The summed E-state index contributed by atoms with van der Waals surface area (Å²) >= 11 is 0. The lowest BCUT2D eigenvalue weighted by atomic mass is 10.3. The van der Waals surface area contributed by atoms with Gasteiger partial charge in [0.1, 0.15) is 0 Å². The molecule has 0 aliphatic rings. The maximum absolute atomic E-state index is 5.46. The zero-order valence-electron chi connectivity index (χ0n) is 10.1. The molecule has 0 saturated heterocycles. The first-order chi connectivity index (χ1) is 7.14. The molecule has 0 radical (unpaired) electrons. The van der Waals surface area contributed by atoms with Crippen LogP contribution in [-0.4, -0.2) is 42.8 Å². The fraction of sp³-hybridized carbons (Fsp3) is 0.800. The lowest BCUT2D eigenvalue weighted by molar-refractivity contribution is 0.0740. The average molecular weight is 234 g/mol. The second-order valence-corrected chi connectivity index (χ2v) is 6.36. The van der Waals surface area contributed by atoms with E-state index in [4.69, 9.17) is 18.0 Å². The Kier molecular flexibility index (Phi) is 7.90. The fourth-order valence-electron chi connectivity index (χ4n) is 1.25. The van der Waals surface area contributed by atoms with Crippen LogP contribution in [0.3, 0.4) is 0 Å². The number of hydrogen-bond donors (Lipinski definition) is 0. The van der Waals surface area contributed by atoms with Gasteiger partial charge >= 0.3 is 8.80 Å². The van der Waals surface area contributed by atoms with Gasteiger partial charge in [-0.1, -0.05) is 6.08 Å². The summed E-state index contributed by atoms with van der Waals surface area (Å²) in [6, 6.07) is 0.759. The summed E-state index contributed by atoms with van der Waals surface area (Å²) in [6.07, 6.45) is 2.76. The Morgan fingerprint density at radius 2 is 1.73 bits per heavy atom. The standard InChI is InChI=1S/C10H22O4Si/c1-6-8-14-10(2)7-9-15(11-3,12-4)13-5/h6,10H,1,7-9H2,2-5H3. The topological polar surface area (TPSA) is 36.9 Å². The highest BCUT2D eigenvalue weighted by Gasteiger charge is 2.37. The van der Waals surface area contributed by atoms with E-state index in [1.807, 2.05) is 6.92 Å². The van der Waals surface area contributed by atoms with E-state index in [9.17, 15) is 0 Å². The van der Waals surface area contributed by atoms with E-state index in [0.717, 1.165) is 12.5 Å². The monoisotopic (exact) mass is 234 g/mol. The molecule has 5 heteroatoms. The summed E-state index contributed by atoms with van der Waals surface area (Å²) in [6.45, 7) is 6.19. The first-order valence-corrected chi connectivity index (χ1v) is 6.95. The second-order valence-electron chi connectivity index (χ2n) is 3.27. The maximum atomic E-state index is 5.46. The average Bonchev–Trinajstić information content (AvgIpc) is 2.29. The van der Waals surface area contributed by atoms with Crippen molar-refractivity contribution in [3.8, 4) is 0 Å².